The van der Waals surface area contributed by atoms with Crippen LogP contribution in [-0.2, 0) is 6.42 Å². The number of aromatic nitrogens is 1. The van der Waals surface area contributed by atoms with E-state index in [1.54, 1.807) is 0 Å². The lowest BCUT2D eigenvalue weighted by molar-refractivity contribution is 0.536. The van der Waals surface area contributed by atoms with Gasteiger partial charge in [0, 0.05) is 6.20 Å². The van der Waals surface area contributed by atoms with Gasteiger partial charge in [0.25, 0.3) is 0 Å². The van der Waals surface area contributed by atoms with Gasteiger partial charge in [-0.1, -0.05) is 37.3 Å². The molecule has 2 nitrogen and oxygen atoms in total. The van der Waals surface area contributed by atoms with Crippen LogP contribution in [0.3, 0.4) is 0 Å². The average molecular weight is 240 g/mol. The highest BCUT2D eigenvalue weighted by Crippen LogP contribution is 2.17. The van der Waals surface area contributed by atoms with Gasteiger partial charge >= 0.3 is 0 Å². The van der Waals surface area contributed by atoms with E-state index in [0.29, 0.717) is 0 Å². The Morgan fingerprint density at radius 1 is 1.17 bits per heavy atom. The molecule has 1 unspecified atom stereocenters. The van der Waals surface area contributed by atoms with Crippen LogP contribution in [0.1, 0.15) is 29.8 Å². The van der Waals surface area contributed by atoms with Gasteiger partial charge < -0.3 is 5.32 Å². The van der Waals surface area contributed by atoms with Crippen molar-refractivity contribution in [1.29, 1.82) is 0 Å². The zero-order chi connectivity index (χ0) is 12.8. The minimum absolute atomic E-state index is 0.289. The van der Waals surface area contributed by atoms with Crippen molar-refractivity contribution in [1.82, 2.24) is 10.3 Å². The second-order valence-electron chi connectivity index (χ2n) is 4.56. The summed E-state index contributed by atoms with van der Waals surface area (Å²) in [5, 5.41) is 3.51. The smallest absolute Gasteiger partial charge is 0.0579 e. The molecular formula is C16H20N2. The number of likely N-dealkylation sites (N-methyl/N-ethyl adjacent to an activating group) is 1. The molecule has 0 aliphatic heterocycles. The zero-order valence-corrected chi connectivity index (χ0v) is 11.1. The number of nitrogens with zero attached hydrogens (tertiary/aromatic N) is 1. The van der Waals surface area contributed by atoms with E-state index in [-0.39, 0.29) is 6.04 Å². The van der Waals surface area contributed by atoms with Gasteiger partial charge in [0.1, 0.15) is 0 Å². The minimum Gasteiger partial charge on any atom is -0.309 e. The summed E-state index contributed by atoms with van der Waals surface area (Å²) in [5.74, 6) is 0. The Morgan fingerprint density at radius 3 is 2.61 bits per heavy atom. The van der Waals surface area contributed by atoms with Crippen molar-refractivity contribution in [3.8, 4) is 0 Å². The third-order valence-electron chi connectivity index (χ3n) is 3.03. The molecule has 18 heavy (non-hydrogen) atoms. The third-order valence-corrected chi connectivity index (χ3v) is 3.03. The Morgan fingerprint density at radius 2 is 1.94 bits per heavy atom. The number of hydrogen-bond acceptors (Lipinski definition) is 2. The molecule has 2 rings (SSSR count). The Hall–Kier alpha value is -1.67. The minimum atomic E-state index is 0.289. The van der Waals surface area contributed by atoms with E-state index in [1.807, 2.05) is 12.3 Å². The van der Waals surface area contributed by atoms with Crippen molar-refractivity contribution >= 4 is 0 Å². The SMILES string of the molecule is CCNC(Cc1ccccc1)c1cc(C)ccn1. The van der Waals surface area contributed by atoms with E-state index < -0.39 is 0 Å². The summed E-state index contributed by atoms with van der Waals surface area (Å²) < 4.78 is 0. The van der Waals surface area contributed by atoms with Crippen LogP contribution >= 0.6 is 0 Å². The molecule has 0 spiro atoms. The molecule has 0 fully saturated rings. The van der Waals surface area contributed by atoms with Crippen molar-refractivity contribution in [3.63, 3.8) is 0 Å². The maximum Gasteiger partial charge on any atom is 0.0579 e. The van der Waals surface area contributed by atoms with E-state index in [0.717, 1.165) is 18.7 Å². The van der Waals surface area contributed by atoms with Crippen LogP contribution in [0.4, 0.5) is 0 Å². The van der Waals surface area contributed by atoms with Gasteiger partial charge in [0.05, 0.1) is 11.7 Å². The van der Waals surface area contributed by atoms with E-state index >= 15 is 0 Å². The van der Waals surface area contributed by atoms with Crippen molar-refractivity contribution in [3.05, 3.63) is 65.5 Å². The quantitative estimate of drug-likeness (QED) is 0.867. The number of aryl methyl sites for hydroxylation is 1. The van der Waals surface area contributed by atoms with Gasteiger partial charge in [0.15, 0.2) is 0 Å². The Labute approximate surface area is 109 Å². The van der Waals surface area contributed by atoms with Crippen LogP contribution in [0.5, 0.6) is 0 Å². The first-order valence-corrected chi connectivity index (χ1v) is 6.49. The molecule has 1 atom stereocenters. The zero-order valence-electron chi connectivity index (χ0n) is 11.1. The lowest BCUT2D eigenvalue weighted by Crippen LogP contribution is -2.23. The highest BCUT2D eigenvalue weighted by atomic mass is 14.9. The monoisotopic (exact) mass is 240 g/mol. The van der Waals surface area contributed by atoms with Crippen LogP contribution in [0, 0.1) is 6.92 Å². The molecular weight excluding hydrogens is 220 g/mol. The van der Waals surface area contributed by atoms with E-state index in [4.69, 9.17) is 0 Å². The number of benzene rings is 1. The van der Waals surface area contributed by atoms with Crippen LogP contribution < -0.4 is 5.32 Å². The normalized spacial score (nSPS) is 12.3. The van der Waals surface area contributed by atoms with Gasteiger partial charge in [-0.05, 0) is 43.1 Å². The van der Waals surface area contributed by atoms with Crippen LogP contribution in [-0.4, -0.2) is 11.5 Å². The molecule has 1 aromatic heterocycles. The van der Waals surface area contributed by atoms with Gasteiger partial charge in [0.2, 0.25) is 0 Å². The molecule has 1 N–H and O–H groups in total. The first-order valence-electron chi connectivity index (χ1n) is 6.49. The van der Waals surface area contributed by atoms with Gasteiger partial charge in [-0.2, -0.15) is 0 Å². The number of pyridine rings is 1. The third kappa shape index (κ3) is 3.41. The van der Waals surface area contributed by atoms with E-state index in [1.165, 1.54) is 11.1 Å². The largest absolute Gasteiger partial charge is 0.309 e. The molecule has 0 saturated carbocycles. The summed E-state index contributed by atoms with van der Waals surface area (Å²) in [6.45, 7) is 5.19. The molecule has 0 bridgehead atoms. The molecule has 0 amide bonds. The summed E-state index contributed by atoms with van der Waals surface area (Å²) >= 11 is 0. The maximum atomic E-state index is 4.49. The van der Waals surface area contributed by atoms with Crippen molar-refractivity contribution in [2.75, 3.05) is 6.54 Å². The van der Waals surface area contributed by atoms with Crippen molar-refractivity contribution in [2.45, 2.75) is 26.3 Å². The van der Waals surface area contributed by atoms with Crippen LogP contribution in [0.25, 0.3) is 0 Å². The first kappa shape index (κ1) is 12.8. The second-order valence-corrected chi connectivity index (χ2v) is 4.56. The molecule has 94 valence electrons. The standard InChI is InChI=1S/C16H20N2/c1-3-17-16(12-14-7-5-4-6-8-14)15-11-13(2)9-10-18-15/h4-11,16-17H,3,12H2,1-2H3. The molecule has 0 radical (unpaired) electrons. The summed E-state index contributed by atoms with van der Waals surface area (Å²) in [7, 11) is 0. The predicted octanol–water partition coefficient (Wildman–Crippen LogP) is 3.28. The van der Waals surface area contributed by atoms with E-state index in [9.17, 15) is 0 Å². The highest BCUT2D eigenvalue weighted by molar-refractivity contribution is 5.22. The summed E-state index contributed by atoms with van der Waals surface area (Å²) in [6, 6.07) is 15.0. The molecule has 2 aromatic rings. The molecule has 0 aliphatic carbocycles. The molecule has 2 heteroatoms. The first-order chi connectivity index (χ1) is 8.79. The Bertz CT molecular complexity index is 479. The summed E-state index contributed by atoms with van der Waals surface area (Å²) in [5.41, 5.74) is 3.73. The van der Waals surface area contributed by atoms with Crippen LogP contribution in [0.2, 0.25) is 0 Å². The van der Waals surface area contributed by atoms with Crippen molar-refractivity contribution < 1.29 is 0 Å². The fraction of sp³-hybridized carbons (Fsp3) is 0.312. The molecule has 1 aromatic carbocycles. The summed E-state index contributed by atoms with van der Waals surface area (Å²) in [6.07, 6.45) is 2.87. The van der Waals surface area contributed by atoms with Gasteiger partial charge in [-0.25, -0.2) is 0 Å². The Kier molecular flexibility index (Phi) is 4.48. The highest BCUT2D eigenvalue weighted by Gasteiger charge is 2.12. The van der Waals surface area contributed by atoms with Crippen LogP contribution in [0.15, 0.2) is 48.7 Å². The van der Waals surface area contributed by atoms with E-state index in [2.05, 4.69) is 60.5 Å². The topological polar surface area (TPSA) is 24.9 Å². The predicted molar refractivity (Wildman–Crippen MR) is 75.5 cm³/mol. The van der Waals surface area contributed by atoms with Gasteiger partial charge in [-0.3, -0.25) is 4.98 Å². The van der Waals surface area contributed by atoms with Gasteiger partial charge in [-0.15, -0.1) is 0 Å². The number of nitrogens with one attached hydrogen (secondary N) is 1. The number of rotatable bonds is 5. The second kappa shape index (κ2) is 6.31. The molecule has 0 saturated heterocycles. The fourth-order valence-corrected chi connectivity index (χ4v) is 2.13. The average Bonchev–Trinajstić information content (AvgIpc) is 2.39. The molecule has 1 heterocycles. The maximum absolute atomic E-state index is 4.49. The fourth-order valence-electron chi connectivity index (χ4n) is 2.13. The lowest BCUT2D eigenvalue weighted by Gasteiger charge is -2.17. The Balaban J connectivity index is 2.18. The molecule has 0 aliphatic rings. The number of hydrogen-bond donors (Lipinski definition) is 1. The lowest BCUT2D eigenvalue weighted by atomic mass is 10.0. The summed E-state index contributed by atoms with van der Waals surface area (Å²) in [4.78, 5) is 4.49. The van der Waals surface area contributed by atoms with Crippen molar-refractivity contribution in [2.24, 2.45) is 0 Å².